The summed E-state index contributed by atoms with van der Waals surface area (Å²) in [4.78, 5) is 36.6. The molecule has 0 spiro atoms. The third-order valence-corrected chi connectivity index (χ3v) is 10.5. The zero-order valence-electron chi connectivity index (χ0n) is 30.0. The van der Waals surface area contributed by atoms with Gasteiger partial charge >= 0.3 is 0 Å². The molecule has 2 saturated heterocycles. The van der Waals surface area contributed by atoms with Gasteiger partial charge in [0.25, 0.3) is 0 Å². The molecule has 5 aromatic rings. The lowest BCUT2D eigenvalue weighted by Gasteiger charge is -2.32. The van der Waals surface area contributed by atoms with Crippen LogP contribution in [0.4, 0.5) is 10.2 Å². The summed E-state index contributed by atoms with van der Waals surface area (Å²) in [5.41, 5.74) is 13.2. The number of halogens is 1. The standard InChI is InChI=1S/C43H46FN5O3/c1-29-3-7-33(8-4-29)38-27-49(25-31-13-19-52-20-14-31)28-39(42(38)51)41(50)21-30-5-9-32(10-6-30)37-22-36(24-46-43(37)45)34-11-12-35(40(44)23-34)26-48-17-15-47(2)16-18-48/h3-12,22-24,27-28,31H,13-21,25-26H2,1-2H3,(H2,45,46). The zero-order valence-corrected chi connectivity index (χ0v) is 30.0. The predicted octanol–water partition coefficient (Wildman–Crippen LogP) is 6.87. The number of nitrogen functional groups attached to an aromatic ring is 1. The number of anilines is 1. The van der Waals surface area contributed by atoms with Gasteiger partial charge in [-0.1, -0.05) is 66.2 Å². The summed E-state index contributed by atoms with van der Waals surface area (Å²) in [7, 11) is 2.11. The molecule has 0 unspecified atom stereocenters. The molecule has 7 rings (SSSR count). The Bertz CT molecular complexity index is 2100. The second kappa shape index (κ2) is 15.7. The lowest BCUT2D eigenvalue weighted by Crippen LogP contribution is -2.44. The molecule has 0 radical (unpaired) electrons. The molecule has 3 aromatic carbocycles. The smallest absolute Gasteiger partial charge is 0.200 e. The van der Waals surface area contributed by atoms with E-state index in [1.54, 1.807) is 18.5 Å². The number of ether oxygens (including phenoxy) is 1. The third kappa shape index (κ3) is 8.23. The Morgan fingerprint density at radius 2 is 1.54 bits per heavy atom. The fraction of sp³-hybridized carbons (Fsp3) is 0.326. The molecule has 4 heterocycles. The lowest BCUT2D eigenvalue weighted by molar-refractivity contribution is 0.0612. The van der Waals surface area contributed by atoms with Gasteiger partial charge in [0.15, 0.2) is 11.2 Å². The van der Waals surface area contributed by atoms with Crippen molar-refractivity contribution in [2.45, 2.75) is 39.3 Å². The number of Topliss-reactive ketones (excluding diaryl/α,β-unsaturated/α-hetero) is 1. The highest BCUT2D eigenvalue weighted by molar-refractivity contribution is 5.98. The Morgan fingerprint density at radius 3 is 2.25 bits per heavy atom. The minimum Gasteiger partial charge on any atom is -0.383 e. The van der Waals surface area contributed by atoms with Gasteiger partial charge in [0.2, 0.25) is 0 Å². The Kier molecular flexibility index (Phi) is 10.7. The molecule has 0 atom stereocenters. The van der Waals surface area contributed by atoms with Crippen molar-refractivity contribution < 1.29 is 13.9 Å². The maximum atomic E-state index is 15.3. The molecule has 0 bridgehead atoms. The van der Waals surface area contributed by atoms with Crippen molar-refractivity contribution in [3.05, 3.63) is 130 Å². The van der Waals surface area contributed by atoms with Crippen LogP contribution in [0, 0.1) is 18.7 Å². The van der Waals surface area contributed by atoms with Gasteiger partial charge in [0.1, 0.15) is 11.6 Å². The molecule has 0 aliphatic carbocycles. The average molecular weight is 700 g/mol. The summed E-state index contributed by atoms with van der Waals surface area (Å²) in [5.74, 6) is 0.318. The molecule has 2 N–H and O–H groups in total. The first kappa shape index (κ1) is 35.4. The molecule has 2 aliphatic heterocycles. The van der Waals surface area contributed by atoms with E-state index in [0.717, 1.165) is 97.7 Å². The number of hydrogen-bond donors (Lipinski definition) is 1. The average Bonchev–Trinajstić information content (AvgIpc) is 3.15. The molecule has 2 aromatic heterocycles. The second-order valence-electron chi connectivity index (χ2n) is 14.4. The molecular weight excluding hydrogens is 654 g/mol. The first-order valence-corrected chi connectivity index (χ1v) is 18.2. The first-order chi connectivity index (χ1) is 25.2. The Balaban J connectivity index is 1.09. The van der Waals surface area contributed by atoms with E-state index in [0.29, 0.717) is 29.4 Å². The Labute approximate surface area is 304 Å². The van der Waals surface area contributed by atoms with Crippen molar-refractivity contribution in [1.29, 1.82) is 0 Å². The van der Waals surface area contributed by atoms with E-state index < -0.39 is 0 Å². The van der Waals surface area contributed by atoms with Crippen LogP contribution in [-0.2, 0) is 24.2 Å². The third-order valence-electron chi connectivity index (χ3n) is 10.5. The van der Waals surface area contributed by atoms with Crippen LogP contribution in [-0.4, -0.2) is 71.6 Å². The van der Waals surface area contributed by atoms with Gasteiger partial charge in [-0.2, -0.15) is 0 Å². The van der Waals surface area contributed by atoms with Crippen molar-refractivity contribution in [3.8, 4) is 33.4 Å². The maximum absolute atomic E-state index is 15.3. The summed E-state index contributed by atoms with van der Waals surface area (Å²) in [6.07, 6.45) is 7.26. The molecule has 268 valence electrons. The van der Waals surface area contributed by atoms with Gasteiger partial charge in [-0.05, 0) is 67.1 Å². The van der Waals surface area contributed by atoms with Crippen LogP contribution in [0.15, 0.2) is 96.2 Å². The molecule has 0 amide bonds. The van der Waals surface area contributed by atoms with Crippen LogP contribution >= 0.6 is 0 Å². The number of nitrogens with zero attached hydrogens (tertiary/aromatic N) is 4. The molecule has 9 heteroatoms. The van der Waals surface area contributed by atoms with Gasteiger partial charge < -0.3 is 19.9 Å². The summed E-state index contributed by atoms with van der Waals surface area (Å²) in [5, 5.41) is 0. The molecule has 52 heavy (non-hydrogen) atoms. The van der Waals surface area contributed by atoms with Crippen LogP contribution < -0.4 is 11.2 Å². The minimum atomic E-state index is -0.256. The monoisotopic (exact) mass is 699 g/mol. The number of carbonyl (C=O) groups is 1. The second-order valence-corrected chi connectivity index (χ2v) is 14.4. The largest absolute Gasteiger partial charge is 0.383 e. The van der Waals surface area contributed by atoms with E-state index >= 15 is 4.39 Å². The maximum Gasteiger partial charge on any atom is 0.200 e. The predicted molar refractivity (Wildman–Crippen MR) is 205 cm³/mol. The fourth-order valence-electron chi connectivity index (χ4n) is 7.15. The SMILES string of the molecule is Cc1ccc(-c2cn(CC3CCOCC3)cc(C(=O)Cc3ccc(-c4cc(-c5ccc(CN6CCN(C)CC6)c(F)c5)cnc4N)cc3)c2=O)cc1. The fourth-order valence-corrected chi connectivity index (χ4v) is 7.15. The molecule has 8 nitrogen and oxygen atoms in total. The van der Waals surface area contributed by atoms with Gasteiger partial charge in [0, 0.05) is 99.7 Å². The molecule has 0 saturated carbocycles. The lowest BCUT2D eigenvalue weighted by atomic mass is 9.96. The van der Waals surface area contributed by atoms with E-state index in [-0.39, 0.29) is 29.0 Å². The van der Waals surface area contributed by atoms with Gasteiger partial charge in [-0.3, -0.25) is 14.5 Å². The number of aryl methyl sites for hydroxylation is 1. The summed E-state index contributed by atoms with van der Waals surface area (Å²) >= 11 is 0. The number of hydrogen-bond acceptors (Lipinski definition) is 7. The van der Waals surface area contributed by atoms with Crippen LogP contribution in [0.25, 0.3) is 33.4 Å². The van der Waals surface area contributed by atoms with Gasteiger partial charge in [-0.25, -0.2) is 9.37 Å². The Morgan fingerprint density at radius 1 is 0.865 bits per heavy atom. The normalized spacial score (nSPS) is 15.9. The van der Waals surface area contributed by atoms with Crippen molar-refractivity contribution in [2.24, 2.45) is 5.92 Å². The van der Waals surface area contributed by atoms with Crippen molar-refractivity contribution in [2.75, 3.05) is 52.2 Å². The van der Waals surface area contributed by atoms with E-state index in [9.17, 15) is 9.59 Å². The van der Waals surface area contributed by atoms with Crippen molar-refractivity contribution in [3.63, 3.8) is 0 Å². The highest BCUT2D eigenvalue weighted by Crippen LogP contribution is 2.31. The number of piperazine rings is 1. The summed E-state index contributed by atoms with van der Waals surface area (Å²) in [6.45, 7) is 8.59. The highest BCUT2D eigenvalue weighted by Gasteiger charge is 2.21. The quantitative estimate of drug-likeness (QED) is 0.159. The first-order valence-electron chi connectivity index (χ1n) is 18.2. The number of benzene rings is 3. The number of likely N-dealkylation sites (N-methyl/N-ethyl adjacent to an activating group) is 1. The zero-order chi connectivity index (χ0) is 36.2. The van der Waals surface area contributed by atoms with E-state index in [1.807, 2.05) is 84.4 Å². The number of aromatic nitrogens is 2. The van der Waals surface area contributed by atoms with Crippen LogP contribution in [0.5, 0.6) is 0 Å². The number of nitrogens with two attached hydrogens (primary N) is 1. The minimum absolute atomic E-state index is 0.0810. The molecule has 2 fully saturated rings. The van der Waals surface area contributed by atoms with E-state index in [1.165, 1.54) is 0 Å². The molecular formula is C43H46FN5O3. The molecule has 2 aliphatic rings. The highest BCUT2D eigenvalue weighted by atomic mass is 19.1. The van der Waals surface area contributed by atoms with Crippen molar-refractivity contribution in [1.82, 2.24) is 19.4 Å². The van der Waals surface area contributed by atoms with Crippen molar-refractivity contribution >= 4 is 11.6 Å². The van der Waals surface area contributed by atoms with Gasteiger partial charge in [-0.15, -0.1) is 0 Å². The topological polar surface area (TPSA) is 93.7 Å². The number of pyridine rings is 2. The summed E-state index contributed by atoms with van der Waals surface area (Å²) in [6, 6.07) is 22.7. The van der Waals surface area contributed by atoms with Crippen LogP contribution in [0.1, 0.15) is 39.9 Å². The van der Waals surface area contributed by atoms with E-state index in [2.05, 4.69) is 21.8 Å². The van der Waals surface area contributed by atoms with Crippen LogP contribution in [0.3, 0.4) is 0 Å². The number of rotatable bonds is 10. The number of ketones is 1. The Hall–Kier alpha value is -4.96. The van der Waals surface area contributed by atoms with E-state index in [4.69, 9.17) is 10.5 Å². The summed E-state index contributed by atoms with van der Waals surface area (Å²) < 4.78 is 22.8. The number of carbonyl (C=O) groups excluding carboxylic acids is 1. The van der Waals surface area contributed by atoms with Gasteiger partial charge in [0.05, 0.1) is 5.56 Å². The van der Waals surface area contributed by atoms with Crippen LogP contribution in [0.2, 0.25) is 0 Å².